The van der Waals surface area contributed by atoms with Crippen LogP contribution in [-0.2, 0) is 13.0 Å². The molecule has 1 atom stereocenters. The van der Waals surface area contributed by atoms with Crippen molar-refractivity contribution < 1.29 is 13.9 Å². The quantitative estimate of drug-likeness (QED) is 0.872. The second kappa shape index (κ2) is 5.63. The maximum atomic E-state index is 13.6. The molecular weight excluding hydrogens is 365 g/mol. The summed E-state index contributed by atoms with van der Waals surface area (Å²) >= 11 is 3.17. The zero-order chi connectivity index (χ0) is 16.0. The van der Waals surface area contributed by atoms with E-state index in [1.165, 1.54) is 6.07 Å². The molecule has 0 spiro atoms. The van der Waals surface area contributed by atoms with E-state index in [9.17, 15) is 9.18 Å². The lowest BCUT2D eigenvalue weighted by atomic mass is 10.0. The van der Waals surface area contributed by atoms with E-state index in [0.29, 0.717) is 22.4 Å². The Morgan fingerprint density at radius 2 is 2.30 bits per heavy atom. The van der Waals surface area contributed by atoms with Crippen molar-refractivity contribution in [2.45, 2.75) is 31.8 Å². The van der Waals surface area contributed by atoms with Crippen molar-refractivity contribution in [1.29, 1.82) is 0 Å². The van der Waals surface area contributed by atoms with Gasteiger partial charge in [-0.3, -0.25) is 9.48 Å². The third-order valence-electron chi connectivity index (χ3n) is 4.37. The fraction of sp³-hybridized carbons (Fsp3) is 0.375. The number of aromatic nitrogens is 2. The monoisotopic (exact) mass is 379 g/mol. The topological polar surface area (TPSA) is 56.1 Å². The largest absolute Gasteiger partial charge is 0.491 e. The van der Waals surface area contributed by atoms with Gasteiger partial charge in [-0.05, 0) is 41.3 Å². The van der Waals surface area contributed by atoms with Gasteiger partial charge in [0.25, 0.3) is 5.91 Å². The summed E-state index contributed by atoms with van der Waals surface area (Å²) in [4.78, 5) is 12.6. The van der Waals surface area contributed by atoms with Crippen LogP contribution in [0.1, 0.15) is 40.5 Å². The molecule has 5 nitrogen and oxygen atoms in total. The normalized spacial score (nSPS) is 19.0. The van der Waals surface area contributed by atoms with E-state index in [4.69, 9.17) is 4.74 Å². The van der Waals surface area contributed by atoms with Crippen LogP contribution in [0.5, 0.6) is 5.75 Å². The maximum Gasteiger partial charge on any atom is 0.255 e. The van der Waals surface area contributed by atoms with Crippen LogP contribution in [0.4, 0.5) is 4.39 Å². The molecule has 2 aromatic rings. The predicted molar refractivity (Wildman–Crippen MR) is 85.0 cm³/mol. The number of rotatable bonds is 2. The molecule has 0 unspecified atom stereocenters. The molecule has 1 aromatic heterocycles. The van der Waals surface area contributed by atoms with Crippen LogP contribution in [0.15, 0.2) is 22.8 Å². The number of ether oxygens (including phenoxy) is 1. The summed E-state index contributed by atoms with van der Waals surface area (Å²) in [7, 11) is 0. The minimum Gasteiger partial charge on any atom is -0.491 e. The number of hydrogen-bond acceptors (Lipinski definition) is 3. The highest BCUT2D eigenvalue weighted by Crippen LogP contribution is 2.36. The summed E-state index contributed by atoms with van der Waals surface area (Å²) in [6.45, 7) is 1.17. The molecule has 0 fully saturated rings. The van der Waals surface area contributed by atoms with Crippen molar-refractivity contribution in [3.05, 3.63) is 45.4 Å². The van der Waals surface area contributed by atoms with Crippen LogP contribution in [0.3, 0.4) is 0 Å². The number of aryl methyl sites for hydroxylation is 1. The van der Waals surface area contributed by atoms with Gasteiger partial charge in [-0.25, -0.2) is 4.39 Å². The van der Waals surface area contributed by atoms with E-state index >= 15 is 0 Å². The van der Waals surface area contributed by atoms with Crippen LogP contribution < -0.4 is 10.1 Å². The number of fused-ring (bicyclic) bond motifs is 2. The molecule has 7 heteroatoms. The average molecular weight is 380 g/mol. The Labute approximate surface area is 140 Å². The average Bonchev–Trinajstić information content (AvgIpc) is 3.13. The summed E-state index contributed by atoms with van der Waals surface area (Å²) in [5, 5.41) is 7.26. The molecule has 1 aromatic carbocycles. The van der Waals surface area contributed by atoms with Gasteiger partial charge in [-0.15, -0.1) is 0 Å². The van der Waals surface area contributed by atoms with Crippen molar-refractivity contribution in [2.24, 2.45) is 0 Å². The highest BCUT2D eigenvalue weighted by atomic mass is 79.9. The van der Waals surface area contributed by atoms with Crippen molar-refractivity contribution in [3.63, 3.8) is 0 Å². The molecule has 1 N–H and O–H groups in total. The van der Waals surface area contributed by atoms with E-state index in [0.717, 1.165) is 37.1 Å². The molecule has 0 radical (unpaired) electrons. The molecule has 0 aliphatic carbocycles. The fourth-order valence-corrected chi connectivity index (χ4v) is 3.53. The molecule has 4 rings (SSSR count). The third kappa shape index (κ3) is 2.52. The third-order valence-corrected chi connectivity index (χ3v) is 4.97. The van der Waals surface area contributed by atoms with Gasteiger partial charge in [0.15, 0.2) is 0 Å². The first-order valence-electron chi connectivity index (χ1n) is 7.61. The Hall–Kier alpha value is -1.89. The minimum atomic E-state index is -0.374. The second-order valence-electron chi connectivity index (χ2n) is 5.83. The SMILES string of the molecule is O=C(N[C@H]1COc2cc(F)c(Br)cc21)c1cnn2c1CCCC2. The van der Waals surface area contributed by atoms with Crippen LogP contribution in [-0.4, -0.2) is 22.3 Å². The molecule has 120 valence electrons. The molecule has 2 aliphatic rings. The lowest BCUT2D eigenvalue weighted by Crippen LogP contribution is -2.30. The summed E-state index contributed by atoms with van der Waals surface area (Å²) < 4.78 is 21.3. The number of halogens is 2. The van der Waals surface area contributed by atoms with Gasteiger partial charge in [-0.1, -0.05) is 0 Å². The molecule has 0 saturated heterocycles. The van der Waals surface area contributed by atoms with Crippen LogP contribution in [0.2, 0.25) is 0 Å². The Morgan fingerprint density at radius 1 is 1.43 bits per heavy atom. The first kappa shape index (κ1) is 14.7. The number of carbonyl (C=O) groups is 1. The van der Waals surface area contributed by atoms with Gasteiger partial charge in [-0.2, -0.15) is 5.10 Å². The molecule has 0 bridgehead atoms. The lowest BCUT2D eigenvalue weighted by Gasteiger charge is -2.16. The molecule has 0 saturated carbocycles. The minimum absolute atomic E-state index is 0.157. The molecule has 2 aliphatic heterocycles. The molecule has 3 heterocycles. The summed E-state index contributed by atoms with van der Waals surface area (Å²) in [6.07, 6.45) is 4.68. The lowest BCUT2D eigenvalue weighted by molar-refractivity contribution is 0.0929. The van der Waals surface area contributed by atoms with Crippen molar-refractivity contribution >= 4 is 21.8 Å². The predicted octanol–water partition coefficient (Wildman–Crippen LogP) is 2.98. The second-order valence-corrected chi connectivity index (χ2v) is 6.68. The van der Waals surface area contributed by atoms with Gasteiger partial charge in [0.2, 0.25) is 0 Å². The van der Waals surface area contributed by atoms with Crippen LogP contribution in [0.25, 0.3) is 0 Å². The first-order valence-corrected chi connectivity index (χ1v) is 8.40. The number of carbonyl (C=O) groups excluding carboxylic acids is 1. The van der Waals surface area contributed by atoms with E-state index in [2.05, 4.69) is 26.3 Å². The smallest absolute Gasteiger partial charge is 0.255 e. The summed E-state index contributed by atoms with van der Waals surface area (Å²) in [6, 6.07) is 2.72. The number of hydrogen-bond donors (Lipinski definition) is 1. The van der Waals surface area contributed by atoms with Crippen molar-refractivity contribution in [2.75, 3.05) is 6.61 Å². The standard InChI is InChI=1S/C16H15BrFN3O2/c17-11-5-9-13(8-23-15(9)6-12(11)18)20-16(22)10-7-19-21-4-2-1-3-14(10)21/h5-7,13H,1-4,8H2,(H,20,22)/t13-/m0/s1. The highest BCUT2D eigenvalue weighted by Gasteiger charge is 2.29. The zero-order valence-electron chi connectivity index (χ0n) is 12.3. The molecule has 1 amide bonds. The summed E-state index contributed by atoms with van der Waals surface area (Å²) in [5.74, 6) is -0.0514. The van der Waals surface area contributed by atoms with E-state index in [1.807, 2.05) is 4.68 Å². The molecule has 23 heavy (non-hydrogen) atoms. The highest BCUT2D eigenvalue weighted by molar-refractivity contribution is 9.10. The van der Waals surface area contributed by atoms with Gasteiger partial charge in [0.1, 0.15) is 18.2 Å². The van der Waals surface area contributed by atoms with Gasteiger partial charge in [0, 0.05) is 18.2 Å². The van der Waals surface area contributed by atoms with Crippen molar-refractivity contribution in [3.8, 4) is 5.75 Å². The Morgan fingerprint density at radius 3 is 3.17 bits per heavy atom. The number of nitrogens with zero attached hydrogens (tertiary/aromatic N) is 2. The maximum absolute atomic E-state index is 13.6. The molecular formula is C16H15BrFN3O2. The first-order chi connectivity index (χ1) is 11.1. The number of amides is 1. The van der Waals surface area contributed by atoms with Crippen molar-refractivity contribution in [1.82, 2.24) is 15.1 Å². The number of benzene rings is 1. The van der Waals surface area contributed by atoms with Gasteiger partial charge < -0.3 is 10.1 Å². The van der Waals surface area contributed by atoms with Crippen LogP contribution >= 0.6 is 15.9 Å². The Kier molecular flexibility index (Phi) is 3.60. The van der Waals surface area contributed by atoms with E-state index in [1.54, 1.807) is 12.3 Å². The zero-order valence-corrected chi connectivity index (χ0v) is 13.9. The van der Waals surface area contributed by atoms with E-state index < -0.39 is 0 Å². The van der Waals surface area contributed by atoms with Crippen LogP contribution in [0, 0.1) is 5.82 Å². The Bertz CT molecular complexity index is 790. The number of nitrogens with one attached hydrogen (secondary N) is 1. The Balaban J connectivity index is 1.57. The fourth-order valence-electron chi connectivity index (χ4n) is 3.17. The van der Waals surface area contributed by atoms with E-state index in [-0.39, 0.29) is 17.8 Å². The summed E-state index contributed by atoms with van der Waals surface area (Å²) in [5.41, 5.74) is 2.40. The van der Waals surface area contributed by atoms with Gasteiger partial charge in [0.05, 0.1) is 28.0 Å². The van der Waals surface area contributed by atoms with Gasteiger partial charge >= 0.3 is 0 Å².